The van der Waals surface area contributed by atoms with E-state index in [0.717, 1.165) is 11.3 Å². The summed E-state index contributed by atoms with van der Waals surface area (Å²) in [5.41, 5.74) is 0.744. The summed E-state index contributed by atoms with van der Waals surface area (Å²) >= 11 is 5.88. The largest absolute Gasteiger partial charge is 0.497 e. The number of hydrogen-bond acceptors (Lipinski definition) is 5. The van der Waals surface area contributed by atoms with Gasteiger partial charge in [0, 0.05) is 5.56 Å². The van der Waals surface area contributed by atoms with Crippen LogP contribution < -0.4 is 9.47 Å². The van der Waals surface area contributed by atoms with Gasteiger partial charge in [-0.1, -0.05) is 22.8 Å². The van der Waals surface area contributed by atoms with Crippen LogP contribution >= 0.6 is 11.6 Å². The lowest BCUT2D eigenvalue weighted by atomic mass is 10.2. The van der Waals surface area contributed by atoms with E-state index < -0.39 is 5.82 Å². The van der Waals surface area contributed by atoms with Gasteiger partial charge in [0.1, 0.15) is 5.75 Å². The second-order valence-electron chi connectivity index (χ2n) is 4.58. The van der Waals surface area contributed by atoms with E-state index in [9.17, 15) is 4.39 Å². The van der Waals surface area contributed by atoms with Crippen LogP contribution in [-0.4, -0.2) is 17.3 Å². The second kappa shape index (κ2) is 6.66. The van der Waals surface area contributed by atoms with Gasteiger partial charge in [0.05, 0.1) is 12.1 Å². The number of benzene rings is 2. The van der Waals surface area contributed by atoms with Crippen LogP contribution in [0.25, 0.3) is 11.5 Å². The van der Waals surface area contributed by atoms with Crippen molar-refractivity contribution >= 4 is 11.6 Å². The normalized spacial score (nSPS) is 10.6. The van der Waals surface area contributed by atoms with Crippen molar-refractivity contribution in [3.63, 3.8) is 0 Å². The molecule has 0 aliphatic heterocycles. The van der Waals surface area contributed by atoms with Crippen LogP contribution in [0.4, 0.5) is 4.39 Å². The van der Waals surface area contributed by atoms with Crippen molar-refractivity contribution in [2.45, 2.75) is 6.61 Å². The van der Waals surface area contributed by atoms with E-state index in [0.29, 0.717) is 5.89 Å². The molecular formula is C16H12ClFN2O3. The average Bonchev–Trinajstić information content (AvgIpc) is 3.03. The fourth-order valence-electron chi connectivity index (χ4n) is 1.92. The predicted molar refractivity (Wildman–Crippen MR) is 82.0 cm³/mol. The first-order valence-electron chi connectivity index (χ1n) is 6.71. The fourth-order valence-corrected chi connectivity index (χ4v) is 2.14. The first-order chi connectivity index (χ1) is 11.2. The molecule has 0 bridgehead atoms. The van der Waals surface area contributed by atoms with E-state index in [2.05, 4.69) is 10.1 Å². The first kappa shape index (κ1) is 15.3. The van der Waals surface area contributed by atoms with Crippen molar-refractivity contribution in [3.05, 3.63) is 59.1 Å². The Kier molecular flexibility index (Phi) is 4.43. The molecule has 0 aliphatic carbocycles. The van der Waals surface area contributed by atoms with Crippen molar-refractivity contribution < 1.29 is 18.4 Å². The molecule has 0 saturated heterocycles. The number of aromatic nitrogens is 2. The third-order valence-electron chi connectivity index (χ3n) is 3.07. The third kappa shape index (κ3) is 3.43. The molecule has 0 saturated carbocycles. The van der Waals surface area contributed by atoms with E-state index in [1.807, 2.05) is 0 Å². The molecule has 0 fully saturated rings. The van der Waals surface area contributed by atoms with Gasteiger partial charge in [-0.05, 0) is 36.4 Å². The van der Waals surface area contributed by atoms with Crippen molar-refractivity contribution in [2.75, 3.05) is 7.11 Å². The first-order valence-corrected chi connectivity index (χ1v) is 7.09. The van der Waals surface area contributed by atoms with Crippen molar-refractivity contribution in [1.82, 2.24) is 10.1 Å². The summed E-state index contributed by atoms with van der Waals surface area (Å²) in [5.74, 6) is 0.772. The zero-order valence-corrected chi connectivity index (χ0v) is 12.9. The van der Waals surface area contributed by atoms with Crippen LogP contribution in [0, 0.1) is 5.82 Å². The number of methoxy groups -OCH3 is 1. The van der Waals surface area contributed by atoms with E-state index in [4.69, 9.17) is 25.6 Å². The molecular weight excluding hydrogens is 323 g/mol. The summed E-state index contributed by atoms with van der Waals surface area (Å²) in [4.78, 5) is 4.20. The predicted octanol–water partition coefficient (Wildman–Crippen LogP) is 4.12. The van der Waals surface area contributed by atoms with Crippen LogP contribution in [0.1, 0.15) is 5.82 Å². The summed E-state index contributed by atoms with van der Waals surface area (Å²) in [6, 6.07) is 11.5. The fraction of sp³-hybridized carbons (Fsp3) is 0.125. The van der Waals surface area contributed by atoms with Crippen molar-refractivity contribution in [3.8, 4) is 23.0 Å². The lowest BCUT2D eigenvalue weighted by Gasteiger charge is -2.06. The Hall–Kier alpha value is -2.60. The van der Waals surface area contributed by atoms with Gasteiger partial charge in [-0.3, -0.25) is 0 Å². The van der Waals surface area contributed by atoms with Gasteiger partial charge in [0.15, 0.2) is 18.2 Å². The number of ether oxygens (including phenoxy) is 2. The molecule has 5 nitrogen and oxygen atoms in total. The summed E-state index contributed by atoms with van der Waals surface area (Å²) < 4.78 is 29.2. The molecule has 0 atom stereocenters. The van der Waals surface area contributed by atoms with Gasteiger partial charge >= 0.3 is 0 Å². The van der Waals surface area contributed by atoms with Gasteiger partial charge in [-0.25, -0.2) is 4.39 Å². The molecule has 0 amide bonds. The third-order valence-corrected chi connectivity index (χ3v) is 3.37. The lowest BCUT2D eigenvalue weighted by Crippen LogP contribution is -1.99. The highest BCUT2D eigenvalue weighted by Gasteiger charge is 2.12. The Morgan fingerprint density at radius 3 is 2.65 bits per heavy atom. The Morgan fingerprint density at radius 2 is 1.96 bits per heavy atom. The van der Waals surface area contributed by atoms with Crippen LogP contribution in [0.3, 0.4) is 0 Å². The van der Waals surface area contributed by atoms with Crippen LogP contribution in [-0.2, 0) is 6.61 Å². The minimum atomic E-state index is -0.545. The Labute approximate surface area is 136 Å². The van der Waals surface area contributed by atoms with Gasteiger partial charge in [-0.2, -0.15) is 4.98 Å². The SMILES string of the molecule is COc1ccc(-c2nc(COc3c(F)cccc3Cl)no2)cc1. The Balaban J connectivity index is 1.72. The number of rotatable bonds is 5. The van der Waals surface area contributed by atoms with Crippen molar-refractivity contribution in [2.24, 2.45) is 0 Å². The lowest BCUT2D eigenvalue weighted by molar-refractivity contribution is 0.274. The van der Waals surface area contributed by atoms with E-state index in [-0.39, 0.29) is 23.2 Å². The molecule has 118 valence electrons. The average molecular weight is 335 g/mol. The number of halogens is 2. The van der Waals surface area contributed by atoms with Crippen LogP contribution in [0.15, 0.2) is 47.0 Å². The Morgan fingerprint density at radius 1 is 1.17 bits per heavy atom. The smallest absolute Gasteiger partial charge is 0.258 e. The monoisotopic (exact) mass is 334 g/mol. The maximum absolute atomic E-state index is 13.6. The minimum Gasteiger partial charge on any atom is -0.497 e. The quantitative estimate of drug-likeness (QED) is 0.702. The van der Waals surface area contributed by atoms with Gasteiger partial charge in [0.2, 0.25) is 5.82 Å². The maximum atomic E-state index is 13.6. The Bertz CT molecular complexity index is 785. The highest BCUT2D eigenvalue weighted by atomic mass is 35.5. The van der Waals surface area contributed by atoms with Gasteiger partial charge in [0.25, 0.3) is 5.89 Å². The summed E-state index contributed by atoms with van der Waals surface area (Å²) in [7, 11) is 1.59. The summed E-state index contributed by atoms with van der Waals surface area (Å²) in [5, 5.41) is 3.99. The number of para-hydroxylation sites is 1. The number of nitrogens with zero attached hydrogens (tertiary/aromatic N) is 2. The molecule has 0 N–H and O–H groups in total. The zero-order chi connectivity index (χ0) is 16.2. The summed E-state index contributed by atoms with van der Waals surface area (Å²) in [6.07, 6.45) is 0. The molecule has 0 radical (unpaired) electrons. The second-order valence-corrected chi connectivity index (χ2v) is 4.99. The summed E-state index contributed by atoms with van der Waals surface area (Å²) in [6.45, 7) is -0.0552. The van der Waals surface area contributed by atoms with Gasteiger partial charge in [-0.15, -0.1) is 0 Å². The molecule has 0 spiro atoms. The molecule has 2 aromatic carbocycles. The highest BCUT2D eigenvalue weighted by Crippen LogP contribution is 2.28. The number of hydrogen-bond donors (Lipinski definition) is 0. The molecule has 23 heavy (non-hydrogen) atoms. The maximum Gasteiger partial charge on any atom is 0.258 e. The molecule has 1 aromatic heterocycles. The van der Waals surface area contributed by atoms with E-state index in [1.54, 1.807) is 37.4 Å². The zero-order valence-electron chi connectivity index (χ0n) is 12.1. The molecule has 0 unspecified atom stereocenters. The molecule has 7 heteroatoms. The standard InChI is InChI=1S/C16H12ClFN2O3/c1-21-11-7-5-10(6-8-11)16-19-14(20-23-16)9-22-15-12(17)3-2-4-13(15)18/h2-8H,9H2,1H3. The minimum absolute atomic E-state index is 0.0371. The van der Waals surface area contributed by atoms with Gasteiger partial charge < -0.3 is 14.0 Å². The highest BCUT2D eigenvalue weighted by molar-refractivity contribution is 6.32. The molecule has 0 aliphatic rings. The van der Waals surface area contributed by atoms with E-state index >= 15 is 0 Å². The van der Waals surface area contributed by atoms with Crippen molar-refractivity contribution in [1.29, 1.82) is 0 Å². The van der Waals surface area contributed by atoms with Crippen LogP contribution in [0.2, 0.25) is 5.02 Å². The molecule has 3 aromatic rings. The molecule has 3 rings (SSSR count). The molecule has 1 heterocycles. The van der Waals surface area contributed by atoms with E-state index in [1.165, 1.54) is 12.1 Å². The van der Waals surface area contributed by atoms with Crippen LogP contribution in [0.5, 0.6) is 11.5 Å². The topological polar surface area (TPSA) is 57.4 Å².